The van der Waals surface area contributed by atoms with E-state index >= 15 is 0 Å². The number of fused-ring (bicyclic) bond motifs is 1. The Morgan fingerprint density at radius 3 is 2.69 bits per heavy atom. The van der Waals surface area contributed by atoms with Crippen LogP contribution in [0.5, 0.6) is 5.75 Å². The molecule has 2 aromatic carbocycles. The van der Waals surface area contributed by atoms with Crippen LogP contribution in [0.1, 0.15) is 37.4 Å². The van der Waals surface area contributed by atoms with E-state index in [1.165, 1.54) is 12.0 Å². The van der Waals surface area contributed by atoms with Gasteiger partial charge in [0.15, 0.2) is 6.35 Å². The number of aliphatic hydroxyl groups excluding tert-OH is 1. The van der Waals surface area contributed by atoms with Gasteiger partial charge in [0.05, 0.1) is 7.11 Å². The molecular weight excluding hydrogens is 412 g/mol. The molecule has 2 unspecified atom stereocenters. The second-order valence-corrected chi connectivity index (χ2v) is 7.38. The Labute approximate surface area is 185 Å². The Balaban J connectivity index is 1.88. The molecule has 1 aliphatic rings. The number of carbonyl (C=O) groups excluding carboxylic acids is 3. The maximum absolute atomic E-state index is 12.9. The number of hydrogen-bond donors (Lipinski definition) is 4. The summed E-state index contributed by atoms with van der Waals surface area (Å²) in [7, 11) is 1.52. The van der Waals surface area contributed by atoms with Gasteiger partial charge in [0.2, 0.25) is 11.8 Å². The Bertz CT molecular complexity index is 1130. The van der Waals surface area contributed by atoms with E-state index in [0.717, 1.165) is 11.1 Å². The predicted molar refractivity (Wildman–Crippen MR) is 116 cm³/mol. The quantitative estimate of drug-likeness (QED) is 0.372. The number of aryl methyl sites for hydroxylation is 1. The molecule has 2 atom stereocenters. The number of nitrogens with one attached hydrogen (secondary N) is 1. The summed E-state index contributed by atoms with van der Waals surface area (Å²) in [5, 5.41) is 11.6. The Morgan fingerprint density at radius 1 is 1.28 bits per heavy atom. The maximum Gasteiger partial charge on any atom is 0.254 e. The third kappa shape index (κ3) is 5.06. The highest BCUT2D eigenvalue weighted by Crippen LogP contribution is 2.27. The van der Waals surface area contributed by atoms with E-state index in [9.17, 15) is 19.5 Å². The normalized spacial score (nSPS) is 14.1. The van der Waals surface area contributed by atoms with Gasteiger partial charge in [-0.25, -0.2) is 0 Å². The fourth-order valence-electron chi connectivity index (χ4n) is 3.35. The van der Waals surface area contributed by atoms with Crippen LogP contribution in [0.4, 0.5) is 0 Å². The molecule has 1 heterocycles. The van der Waals surface area contributed by atoms with Crippen LogP contribution in [-0.2, 0) is 11.3 Å². The highest BCUT2D eigenvalue weighted by Gasteiger charge is 2.31. The van der Waals surface area contributed by atoms with Crippen molar-refractivity contribution in [2.45, 2.75) is 19.8 Å². The van der Waals surface area contributed by atoms with Crippen LogP contribution < -0.4 is 21.5 Å². The molecule has 0 spiro atoms. The second-order valence-electron chi connectivity index (χ2n) is 7.38. The van der Waals surface area contributed by atoms with Crippen molar-refractivity contribution >= 4 is 17.7 Å². The maximum atomic E-state index is 12.9. The first-order valence-electron chi connectivity index (χ1n) is 9.81. The standard InChI is InChI=1S/C23H24N4O5/c1-13-3-4-15(20(24)28)9-14(13)5-6-17(21(29)26-23(25)31)12-27-11-16-7-8-18(32-2)10-19(16)22(27)30/h3-4,7-10,17,23,31H,11-12,25H2,1-2H3,(H2,24,28)(H,26,29). The second kappa shape index (κ2) is 9.51. The van der Waals surface area contributed by atoms with Crippen LogP contribution in [0.15, 0.2) is 36.4 Å². The van der Waals surface area contributed by atoms with Crippen LogP contribution in [0.25, 0.3) is 0 Å². The lowest BCUT2D eigenvalue weighted by Crippen LogP contribution is -2.46. The first kappa shape index (κ1) is 22.8. The molecule has 1 aliphatic heterocycles. The summed E-state index contributed by atoms with van der Waals surface area (Å²) >= 11 is 0. The van der Waals surface area contributed by atoms with E-state index < -0.39 is 24.1 Å². The molecule has 0 aromatic heterocycles. The number of rotatable bonds is 6. The van der Waals surface area contributed by atoms with Crippen LogP contribution in [0.2, 0.25) is 0 Å². The minimum absolute atomic E-state index is 0.0179. The Hall–Kier alpha value is -3.87. The van der Waals surface area contributed by atoms with Gasteiger partial charge < -0.3 is 25.8 Å². The number of ether oxygens (including phenoxy) is 1. The minimum Gasteiger partial charge on any atom is -0.497 e. The molecule has 6 N–H and O–H groups in total. The van der Waals surface area contributed by atoms with Crippen molar-refractivity contribution in [1.29, 1.82) is 0 Å². The van der Waals surface area contributed by atoms with Crippen molar-refractivity contribution < 1.29 is 24.2 Å². The van der Waals surface area contributed by atoms with E-state index in [2.05, 4.69) is 17.2 Å². The molecule has 9 heteroatoms. The van der Waals surface area contributed by atoms with Crippen LogP contribution in [0.3, 0.4) is 0 Å². The zero-order chi connectivity index (χ0) is 23.4. The number of benzene rings is 2. The van der Waals surface area contributed by atoms with Crippen molar-refractivity contribution in [2.24, 2.45) is 17.4 Å². The number of primary amides is 1. The average Bonchev–Trinajstić information content (AvgIpc) is 3.06. The molecular formula is C23H24N4O5. The van der Waals surface area contributed by atoms with Gasteiger partial charge in [0, 0.05) is 29.8 Å². The molecule has 0 saturated carbocycles. The monoisotopic (exact) mass is 436 g/mol. The summed E-state index contributed by atoms with van der Waals surface area (Å²) in [6.07, 6.45) is -1.57. The third-order valence-corrected chi connectivity index (χ3v) is 5.11. The molecule has 2 aromatic rings. The van der Waals surface area contributed by atoms with Gasteiger partial charge in [-0.05, 0) is 42.3 Å². The van der Waals surface area contributed by atoms with Crippen molar-refractivity contribution in [3.8, 4) is 17.6 Å². The molecule has 0 saturated heterocycles. The molecule has 0 radical (unpaired) electrons. The van der Waals surface area contributed by atoms with Crippen molar-refractivity contribution in [3.63, 3.8) is 0 Å². The zero-order valence-corrected chi connectivity index (χ0v) is 17.7. The predicted octanol–water partition coefficient (Wildman–Crippen LogP) is 0.0770. The van der Waals surface area contributed by atoms with E-state index in [1.807, 2.05) is 6.92 Å². The summed E-state index contributed by atoms with van der Waals surface area (Å²) in [6.45, 7) is 2.10. The van der Waals surface area contributed by atoms with Crippen molar-refractivity contribution in [2.75, 3.05) is 13.7 Å². The number of carbonyl (C=O) groups is 3. The van der Waals surface area contributed by atoms with E-state index in [4.69, 9.17) is 16.2 Å². The fraction of sp³-hybridized carbons (Fsp3) is 0.261. The number of amides is 3. The van der Waals surface area contributed by atoms with E-state index in [1.54, 1.807) is 36.4 Å². The molecule has 9 nitrogen and oxygen atoms in total. The van der Waals surface area contributed by atoms with Gasteiger partial charge in [-0.2, -0.15) is 0 Å². The summed E-state index contributed by atoms with van der Waals surface area (Å²) in [5.41, 5.74) is 13.5. The molecule has 32 heavy (non-hydrogen) atoms. The number of nitrogens with zero attached hydrogens (tertiary/aromatic N) is 1. The van der Waals surface area contributed by atoms with Crippen LogP contribution in [0, 0.1) is 24.7 Å². The third-order valence-electron chi connectivity index (χ3n) is 5.11. The van der Waals surface area contributed by atoms with Gasteiger partial charge >= 0.3 is 0 Å². The molecule has 0 aliphatic carbocycles. The molecule has 3 rings (SSSR count). The van der Waals surface area contributed by atoms with Gasteiger partial charge in [0.1, 0.15) is 11.7 Å². The van der Waals surface area contributed by atoms with Crippen molar-refractivity contribution in [1.82, 2.24) is 10.2 Å². The first-order valence-corrected chi connectivity index (χ1v) is 9.81. The lowest BCUT2D eigenvalue weighted by molar-refractivity contribution is -0.126. The lowest BCUT2D eigenvalue weighted by Gasteiger charge is -2.20. The highest BCUT2D eigenvalue weighted by atomic mass is 16.5. The minimum atomic E-state index is -1.57. The Kier molecular flexibility index (Phi) is 6.78. The lowest BCUT2D eigenvalue weighted by atomic mass is 10.0. The van der Waals surface area contributed by atoms with Gasteiger partial charge in [-0.1, -0.05) is 24.0 Å². The molecule has 3 amide bonds. The summed E-state index contributed by atoms with van der Waals surface area (Å²) in [5.74, 6) is 3.84. The smallest absolute Gasteiger partial charge is 0.254 e. The van der Waals surface area contributed by atoms with E-state index in [-0.39, 0.29) is 18.0 Å². The number of hydrogen-bond acceptors (Lipinski definition) is 6. The van der Waals surface area contributed by atoms with E-state index in [0.29, 0.717) is 23.4 Å². The van der Waals surface area contributed by atoms with Gasteiger partial charge in [-0.3, -0.25) is 20.1 Å². The number of aliphatic hydroxyl groups is 1. The highest BCUT2D eigenvalue weighted by molar-refractivity contribution is 5.99. The summed E-state index contributed by atoms with van der Waals surface area (Å²) in [6, 6.07) is 10.1. The average molecular weight is 436 g/mol. The number of methoxy groups -OCH3 is 1. The summed E-state index contributed by atoms with van der Waals surface area (Å²) in [4.78, 5) is 38.4. The van der Waals surface area contributed by atoms with Gasteiger partial charge in [-0.15, -0.1) is 0 Å². The van der Waals surface area contributed by atoms with Gasteiger partial charge in [0.25, 0.3) is 5.91 Å². The van der Waals surface area contributed by atoms with Crippen molar-refractivity contribution in [3.05, 3.63) is 64.2 Å². The first-order chi connectivity index (χ1) is 15.2. The molecule has 0 fully saturated rings. The SMILES string of the molecule is COc1ccc2c(c1)C(=O)N(CC(C#Cc1cc(C(N)=O)ccc1C)C(=O)NC(N)O)C2. The topological polar surface area (TPSA) is 148 Å². The van der Waals surface area contributed by atoms with Crippen LogP contribution in [-0.4, -0.2) is 47.7 Å². The largest absolute Gasteiger partial charge is 0.497 e. The summed E-state index contributed by atoms with van der Waals surface area (Å²) < 4.78 is 5.18. The Morgan fingerprint density at radius 2 is 2.03 bits per heavy atom. The number of nitrogens with two attached hydrogens (primary N) is 2. The zero-order valence-electron chi connectivity index (χ0n) is 17.7. The molecule has 0 bridgehead atoms. The van der Waals surface area contributed by atoms with Crippen LogP contribution >= 0.6 is 0 Å². The fourth-order valence-corrected chi connectivity index (χ4v) is 3.35. The molecule has 166 valence electrons.